The number of benzene rings is 1. The Morgan fingerprint density at radius 1 is 1.56 bits per heavy atom. The Labute approximate surface area is 116 Å². The summed E-state index contributed by atoms with van der Waals surface area (Å²) in [4.78, 5) is 0.200. The maximum atomic E-state index is 11.6. The molecule has 0 atom stereocenters. The predicted octanol–water partition coefficient (Wildman–Crippen LogP) is 1.36. The summed E-state index contributed by atoms with van der Waals surface area (Å²) in [6, 6.07) is 4.63. The molecule has 0 spiro atoms. The summed E-state index contributed by atoms with van der Waals surface area (Å²) in [5.41, 5.74) is 6.31. The Morgan fingerprint density at radius 2 is 2.22 bits per heavy atom. The lowest BCUT2D eigenvalue weighted by molar-refractivity contribution is 0.217. The normalized spacial score (nSPS) is 11.2. The van der Waals surface area contributed by atoms with Crippen molar-refractivity contribution in [2.24, 2.45) is 5.73 Å². The van der Waals surface area contributed by atoms with E-state index in [9.17, 15) is 8.42 Å². The smallest absolute Gasteiger partial charge is 0.235 e. The lowest BCUT2D eigenvalue weighted by Gasteiger charge is -2.10. The highest BCUT2D eigenvalue weighted by Crippen LogP contribution is 2.24. The van der Waals surface area contributed by atoms with Gasteiger partial charge in [-0.3, -0.25) is 4.72 Å². The maximum Gasteiger partial charge on any atom is 0.235 e. The fraction of sp³-hybridized carbons (Fsp3) is 0.300. The summed E-state index contributed by atoms with van der Waals surface area (Å²) in [6.45, 7) is 0.109. The van der Waals surface area contributed by atoms with Crippen LogP contribution in [0, 0.1) is 0 Å². The third kappa shape index (κ3) is 4.41. The van der Waals surface area contributed by atoms with Crippen molar-refractivity contribution in [2.75, 3.05) is 24.2 Å². The van der Waals surface area contributed by atoms with Gasteiger partial charge in [0.25, 0.3) is 0 Å². The molecule has 0 aromatic heterocycles. The number of methoxy groups -OCH3 is 1. The highest BCUT2D eigenvalue weighted by Gasteiger charge is 2.12. The molecule has 0 aliphatic rings. The van der Waals surface area contributed by atoms with E-state index < -0.39 is 10.0 Å². The number of hydrogen-bond acceptors (Lipinski definition) is 4. The fourth-order valence-electron chi connectivity index (χ4n) is 1.16. The molecule has 0 saturated carbocycles. The van der Waals surface area contributed by atoms with E-state index in [2.05, 4.69) is 4.72 Å². The lowest BCUT2D eigenvalue weighted by atomic mass is 10.2. The van der Waals surface area contributed by atoms with Crippen LogP contribution >= 0.6 is 23.8 Å². The minimum atomic E-state index is -3.48. The van der Waals surface area contributed by atoms with Crippen molar-refractivity contribution in [2.45, 2.75) is 0 Å². The minimum Gasteiger partial charge on any atom is -0.389 e. The monoisotopic (exact) mass is 308 g/mol. The highest BCUT2D eigenvalue weighted by molar-refractivity contribution is 7.92. The first-order valence-corrected chi connectivity index (χ1v) is 7.38. The Kier molecular flexibility index (Phi) is 5.33. The first-order chi connectivity index (χ1) is 8.35. The quantitative estimate of drug-likeness (QED) is 0.776. The van der Waals surface area contributed by atoms with Crippen LogP contribution in [0.15, 0.2) is 18.2 Å². The van der Waals surface area contributed by atoms with Gasteiger partial charge < -0.3 is 10.5 Å². The van der Waals surface area contributed by atoms with Crippen molar-refractivity contribution < 1.29 is 13.2 Å². The average molecular weight is 309 g/mol. The van der Waals surface area contributed by atoms with Gasteiger partial charge in [0, 0.05) is 12.7 Å². The maximum absolute atomic E-state index is 11.6. The van der Waals surface area contributed by atoms with Crippen LogP contribution in [0.4, 0.5) is 5.69 Å². The number of nitrogens with one attached hydrogen (secondary N) is 1. The van der Waals surface area contributed by atoms with Crippen molar-refractivity contribution >= 4 is 44.5 Å². The molecular formula is C10H13ClN2O3S2. The van der Waals surface area contributed by atoms with E-state index in [1.165, 1.54) is 19.2 Å². The second kappa shape index (κ2) is 6.33. The Bertz CT molecular complexity index is 546. The molecule has 0 aliphatic heterocycles. The largest absolute Gasteiger partial charge is 0.389 e. The van der Waals surface area contributed by atoms with Crippen molar-refractivity contribution in [1.29, 1.82) is 0 Å². The summed E-state index contributed by atoms with van der Waals surface area (Å²) in [5, 5.41) is 0.237. The van der Waals surface area contributed by atoms with Gasteiger partial charge in [-0.15, -0.1) is 0 Å². The fourth-order valence-corrected chi connectivity index (χ4v) is 2.57. The molecule has 0 aliphatic carbocycles. The number of hydrogen-bond donors (Lipinski definition) is 2. The van der Waals surface area contributed by atoms with Crippen LogP contribution in [0.3, 0.4) is 0 Å². The average Bonchev–Trinajstić information content (AvgIpc) is 2.29. The molecule has 5 nitrogen and oxygen atoms in total. The molecular weight excluding hydrogens is 296 g/mol. The van der Waals surface area contributed by atoms with Crippen molar-refractivity contribution in [3.63, 3.8) is 0 Å². The van der Waals surface area contributed by atoms with E-state index in [-0.39, 0.29) is 28.1 Å². The van der Waals surface area contributed by atoms with E-state index >= 15 is 0 Å². The topological polar surface area (TPSA) is 81.4 Å². The molecule has 1 rings (SSSR count). The minimum absolute atomic E-state index is 0.109. The molecule has 1 aromatic carbocycles. The number of rotatable bonds is 6. The zero-order valence-electron chi connectivity index (χ0n) is 9.64. The van der Waals surface area contributed by atoms with Crippen LogP contribution in [0.2, 0.25) is 5.02 Å². The molecule has 8 heteroatoms. The van der Waals surface area contributed by atoms with Crippen LogP contribution in [0.1, 0.15) is 5.56 Å². The number of thiocarbonyl (C=S) groups is 1. The Morgan fingerprint density at radius 3 is 2.72 bits per heavy atom. The second-order valence-electron chi connectivity index (χ2n) is 3.47. The van der Waals surface area contributed by atoms with Crippen LogP contribution in [-0.4, -0.2) is 32.9 Å². The van der Waals surface area contributed by atoms with Gasteiger partial charge >= 0.3 is 0 Å². The van der Waals surface area contributed by atoms with Crippen LogP contribution < -0.4 is 10.5 Å². The van der Waals surface area contributed by atoms with E-state index in [1.54, 1.807) is 6.07 Å². The number of sulfonamides is 1. The van der Waals surface area contributed by atoms with Gasteiger partial charge in [-0.05, 0) is 18.2 Å². The van der Waals surface area contributed by atoms with Crippen LogP contribution in [0.25, 0.3) is 0 Å². The summed E-state index contributed by atoms with van der Waals surface area (Å²) in [5.74, 6) is -0.142. The van der Waals surface area contributed by atoms with E-state index in [0.717, 1.165) is 0 Å². The van der Waals surface area contributed by atoms with Gasteiger partial charge in [-0.25, -0.2) is 8.42 Å². The molecule has 0 fully saturated rings. The predicted molar refractivity (Wildman–Crippen MR) is 76.6 cm³/mol. The molecule has 0 bridgehead atoms. The van der Waals surface area contributed by atoms with Crippen molar-refractivity contribution in [3.8, 4) is 0 Å². The van der Waals surface area contributed by atoms with Crippen molar-refractivity contribution in [1.82, 2.24) is 0 Å². The van der Waals surface area contributed by atoms with Crippen LogP contribution in [-0.2, 0) is 14.8 Å². The van der Waals surface area contributed by atoms with Gasteiger partial charge in [-0.1, -0.05) is 23.8 Å². The van der Waals surface area contributed by atoms with E-state index in [0.29, 0.717) is 5.56 Å². The molecule has 100 valence electrons. The summed E-state index contributed by atoms with van der Waals surface area (Å²) < 4.78 is 30.3. The zero-order chi connectivity index (χ0) is 13.8. The van der Waals surface area contributed by atoms with Gasteiger partial charge in [0.1, 0.15) is 4.99 Å². The van der Waals surface area contributed by atoms with Crippen molar-refractivity contribution in [3.05, 3.63) is 28.8 Å². The van der Waals surface area contributed by atoms with Gasteiger partial charge in [0.2, 0.25) is 10.0 Å². The van der Waals surface area contributed by atoms with E-state index in [4.69, 9.17) is 34.3 Å². The third-order valence-electron chi connectivity index (χ3n) is 2.08. The van der Waals surface area contributed by atoms with E-state index in [1.807, 2.05) is 0 Å². The number of ether oxygens (including phenoxy) is 1. The van der Waals surface area contributed by atoms with Crippen LogP contribution in [0.5, 0.6) is 0 Å². The summed E-state index contributed by atoms with van der Waals surface area (Å²) >= 11 is 10.7. The summed E-state index contributed by atoms with van der Waals surface area (Å²) in [7, 11) is -2.05. The highest BCUT2D eigenvalue weighted by atomic mass is 35.5. The molecule has 1 aromatic rings. The van der Waals surface area contributed by atoms with Gasteiger partial charge in [0.05, 0.1) is 23.1 Å². The second-order valence-corrected chi connectivity index (χ2v) is 6.16. The van der Waals surface area contributed by atoms with Gasteiger partial charge in [0.15, 0.2) is 0 Å². The molecule has 0 heterocycles. The lowest BCUT2D eigenvalue weighted by Crippen LogP contribution is -2.20. The number of nitrogens with two attached hydrogens (primary N) is 1. The standard InChI is InChI=1S/C10H13ClN2O3S2/c1-16-4-5-18(14,15)13-9-3-2-7(10(12)17)6-8(9)11/h2-3,6,13H,4-5H2,1H3,(H2,12,17). The number of anilines is 1. The molecule has 0 amide bonds. The molecule has 0 unspecified atom stereocenters. The molecule has 3 N–H and O–H groups in total. The SMILES string of the molecule is COCCS(=O)(=O)Nc1ccc(C(N)=S)cc1Cl. The first-order valence-electron chi connectivity index (χ1n) is 4.94. The Balaban J connectivity index is 2.89. The Hall–Kier alpha value is -0.890. The molecule has 0 saturated heterocycles. The first kappa shape index (κ1) is 15.2. The molecule has 0 radical (unpaired) electrons. The zero-order valence-corrected chi connectivity index (χ0v) is 12.0. The van der Waals surface area contributed by atoms with Gasteiger partial charge in [-0.2, -0.15) is 0 Å². The third-order valence-corrected chi connectivity index (χ3v) is 3.86. The number of halogens is 1. The molecule has 18 heavy (non-hydrogen) atoms. The summed E-state index contributed by atoms with van der Waals surface area (Å²) in [6.07, 6.45) is 0.